The first-order valence-corrected chi connectivity index (χ1v) is 7.56. The van der Waals surface area contributed by atoms with Gasteiger partial charge in [0.15, 0.2) is 0 Å². The predicted molar refractivity (Wildman–Crippen MR) is 78.7 cm³/mol. The topological polar surface area (TPSA) is 89.3 Å². The fraction of sp³-hybridized carbons (Fsp3) is 0. The van der Waals surface area contributed by atoms with Crippen molar-refractivity contribution in [3.63, 3.8) is 0 Å². The molecule has 0 spiro atoms. The Morgan fingerprint density at radius 1 is 1.09 bits per heavy atom. The number of rotatable bonds is 5. The maximum atomic E-state index is 12.8. The number of hydrogen-bond donors (Lipinski definition) is 1. The smallest absolute Gasteiger partial charge is 0.355 e. The lowest BCUT2D eigenvalue weighted by atomic mass is 10.3. The summed E-state index contributed by atoms with van der Waals surface area (Å²) in [7, 11) is -4.25. The Bertz CT molecular complexity index is 802. The molecule has 0 bridgehead atoms. The van der Waals surface area contributed by atoms with Crippen molar-refractivity contribution < 1.29 is 17.7 Å². The minimum Gasteiger partial charge on any atom is -0.355 e. The Balaban J connectivity index is 2.36. The molecule has 0 unspecified atom stereocenters. The molecule has 0 aromatic heterocycles. The molecule has 6 nitrogen and oxygen atoms in total. The number of hydrogen-bond acceptors (Lipinski definition) is 5. The number of anilines is 1. The van der Waals surface area contributed by atoms with Gasteiger partial charge in [-0.15, -0.1) is 0 Å². The van der Waals surface area contributed by atoms with E-state index in [0.29, 0.717) is 5.69 Å². The number of nitrogens with zero attached hydrogens (tertiary/aromatic N) is 1. The molecule has 22 heavy (non-hydrogen) atoms. The van der Waals surface area contributed by atoms with Crippen LogP contribution in [0.4, 0.5) is 10.1 Å². The zero-order valence-electron chi connectivity index (χ0n) is 11.1. The minimum atomic E-state index is -4.25. The number of sulfone groups is 1. The predicted octanol–water partition coefficient (Wildman–Crippen LogP) is 2.79. The quantitative estimate of drug-likeness (QED) is 0.675. The highest BCUT2D eigenvalue weighted by Crippen LogP contribution is 2.20. The molecule has 0 heterocycles. The molecule has 0 aliphatic carbocycles. The van der Waals surface area contributed by atoms with Crippen LogP contribution in [-0.4, -0.2) is 13.3 Å². The van der Waals surface area contributed by atoms with E-state index >= 15 is 0 Å². The van der Waals surface area contributed by atoms with E-state index in [1.165, 1.54) is 36.4 Å². The molecule has 0 aliphatic heterocycles. The summed E-state index contributed by atoms with van der Waals surface area (Å²) in [5.74, 6) is -0.471. The van der Waals surface area contributed by atoms with Gasteiger partial charge in [0.25, 0.3) is 9.84 Å². The van der Waals surface area contributed by atoms with Crippen molar-refractivity contribution in [2.24, 2.45) is 0 Å². The molecule has 1 N–H and O–H groups in total. The Hall–Kier alpha value is -2.74. The van der Waals surface area contributed by atoms with E-state index in [4.69, 9.17) is 0 Å². The molecule has 8 heteroatoms. The first-order chi connectivity index (χ1) is 10.4. The molecule has 0 radical (unpaired) electrons. The summed E-state index contributed by atoms with van der Waals surface area (Å²) < 4.78 is 37.3. The fourth-order valence-corrected chi connectivity index (χ4v) is 2.81. The molecule has 0 aliphatic rings. The Morgan fingerprint density at radius 2 is 1.68 bits per heavy atom. The van der Waals surface area contributed by atoms with Gasteiger partial charge in [-0.3, -0.25) is 10.1 Å². The Labute approximate surface area is 126 Å². The van der Waals surface area contributed by atoms with E-state index in [9.17, 15) is 22.9 Å². The summed E-state index contributed by atoms with van der Waals surface area (Å²) in [6.45, 7) is 0. The third kappa shape index (κ3) is 3.47. The zero-order valence-corrected chi connectivity index (χ0v) is 12.0. The molecule has 0 atom stereocenters. The molecule has 114 valence electrons. The van der Waals surface area contributed by atoms with E-state index in [1.54, 1.807) is 6.07 Å². The summed E-state index contributed by atoms with van der Waals surface area (Å²) in [6.07, 6.45) is 0.773. The van der Waals surface area contributed by atoms with Crippen molar-refractivity contribution in [3.8, 4) is 0 Å². The van der Waals surface area contributed by atoms with Gasteiger partial charge in [-0.1, -0.05) is 18.2 Å². The number of benzene rings is 2. The molecular formula is C14H11FN2O4S. The van der Waals surface area contributed by atoms with E-state index in [-0.39, 0.29) is 4.90 Å². The van der Waals surface area contributed by atoms with Gasteiger partial charge in [-0.05, 0) is 36.4 Å². The van der Waals surface area contributed by atoms with Crippen LogP contribution in [0.3, 0.4) is 0 Å². The summed E-state index contributed by atoms with van der Waals surface area (Å²) >= 11 is 0. The first-order valence-electron chi connectivity index (χ1n) is 6.08. The van der Waals surface area contributed by atoms with E-state index in [2.05, 4.69) is 5.32 Å². The van der Waals surface area contributed by atoms with Crippen LogP contribution in [0.5, 0.6) is 0 Å². The summed E-state index contributed by atoms with van der Waals surface area (Å²) in [5, 5.41) is 12.5. The molecule has 2 aromatic carbocycles. The molecule has 0 fully saturated rings. The molecule has 0 saturated heterocycles. The second-order valence-electron chi connectivity index (χ2n) is 4.21. The van der Waals surface area contributed by atoms with Crippen LogP contribution in [0.2, 0.25) is 0 Å². The van der Waals surface area contributed by atoms with Crippen LogP contribution in [0.25, 0.3) is 0 Å². The lowest BCUT2D eigenvalue weighted by Crippen LogP contribution is -2.14. The average Bonchev–Trinajstić information content (AvgIpc) is 2.50. The van der Waals surface area contributed by atoms with E-state index < -0.39 is 25.6 Å². The lowest BCUT2D eigenvalue weighted by molar-refractivity contribution is -0.411. The van der Waals surface area contributed by atoms with Crippen molar-refractivity contribution in [2.45, 2.75) is 4.90 Å². The van der Waals surface area contributed by atoms with Crippen LogP contribution in [0.1, 0.15) is 0 Å². The lowest BCUT2D eigenvalue weighted by Gasteiger charge is -2.03. The first kappa shape index (κ1) is 15.6. The van der Waals surface area contributed by atoms with Crippen LogP contribution in [0, 0.1) is 15.9 Å². The van der Waals surface area contributed by atoms with Gasteiger partial charge in [-0.25, -0.2) is 12.8 Å². The van der Waals surface area contributed by atoms with Crippen LogP contribution < -0.4 is 5.32 Å². The molecule has 0 amide bonds. The van der Waals surface area contributed by atoms with Crippen molar-refractivity contribution in [1.29, 1.82) is 0 Å². The highest BCUT2D eigenvalue weighted by atomic mass is 32.2. The molecule has 2 aromatic rings. The normalized spacial score (nSPS) is 12.0. The second kappa shape index (κ2) is 6.35. The summed E-state index contributed by atoms with van der Waals surface area (Å²) in [5.41, 5.74) is 0.323. The minimum absolute atomic E-state index is 0.182. The summed E-state index contributed by atoms with van der Waals surface area (Å²) in [4.78, 5) is 9.88. The van der Waals surface area contributed by atoms with Crippen molar-refractivity contribution in [3.05, 3.63) is 81.8 Å². The van der Waals surface area contributed by atoms with Crippen LogP contribution in [0.15, 0.2) is 70.7 Å². The van der Waals surface area contributed by atoms with Crippen LogP contribution >= 0.6 is 0 Å². The highest BCUT2D eigenvalue weighted by molar-refractivity contribution is 7.95. The zero-order chi connectivity index (χ0) is 16.2. The largest absolute Gasteiger partial charge is 0.379 e. The maximum Gasteiger partial charge on any atom is 0.379 e. The third-order valence-corrected chi connectivity index (χ3v) is 4.43. The summed E-state index contributed by atoms with van der Waals surface area (Å²) in [6, 6.07) is 12.0. The average molecular weight is 322 g/mol. The highest BCUT2D eigenvalue weighted by Gasteiger charge is 2.31. The Morgan fingerprint density at radius 3 is 2.23 bits per heavy atom. The number of nitro groups is 1. The Kier molecular flexibility index (Phi) is 4.52. The van der Waals surface area contributed by atoms with Gasteiger partial charge in [-0.2, -0.15) is 0 Å². The van der Waals surface area contributed by atoms with Crippen molar-refractivity contribution in [2.75, 3.05) is 5.32 Å². The van der Waals surface area contributed by atoms with Gasteiger partial charge in [0, 0.05) is 5.69 Å². The van der Waals surface area contributed by atoms with Gasteiger partial charge >= 0.3 is 5.03 Å². The van der Waals surface area contributed by atoms with E-state index in [1.807, 2.05) is 0 Å². The standard InChI is InChI=1S/C14H11FN2O4S/c15-11-6-8-12(9-7-11)16-10-14(17(18)19)22(20,21)13-4-2-1-3-5-13/h1-10,16H/b14-10+. The molecule has 2 rings (SSSR count). The monoisotopic (exact) mass is 322 g/mol. The van der Waals surface area contributed by atoms with Gasteiger partial charge in [0.1, 0.15) is 5.82 Å². The van der Waals surface area contributed by atoms with Crippen molar-refractivity contribution in [1.82, 2.24) is 0 Å². The van der Waals surface area contributed by atoms with Gasteiger partial charge in [0.05, 0.1) is 16.0 Å². The van der Waals surface area contributed by atoms with E-state index in [0.717, 1.165) is 18.3 Å². The van der Waals surface area contributed by atoms with Crippen molar-refractivity contribution >= 4 is 15.5 Å². The number of halogens is 1. The maximum absolute atomic E-state index is 12.8. The number of nitrogens with one attached hydrogen (secondary N) is 1. The SMILES string of the molecule is O=[N+]([O-])/C(=C\Nc1ccc(F)cc1)S(=O)(=O)c1ccccc1. The second-order valence-corrected chi connectivity index (χ2v) is 6.10. The van der Waals surface area contributed by atoms with Crippen LogP contribution in [-0.2, 0) is 9.84 Å². The molecular weight excluding hydrogens is 311 g/mol. The van der Waals surface area contributed by atoms with Gasteiger partial charge < -0.3 is 5.32 Å². The molecule has 0 saturated carbocycles. The fourth-order valence-electron chi connectivity index (χ4n) is 1.64. The van der Waals surface area contributed by atoms with Gasteiger partial charge in [0.2, 0.25) is 0 Å². The third-order valence-electron chi connectivity index (χ3n) is 2.72.